The third-order valence-corrected chi connectivity index (χ3v) is 5.93. The Morgan fingerprint density at radius 1 is 1.13 bits per heavy atom. The predicted molar refractivity (Wildman–Crippen MR) is 110 cm³/mol. The number of anilines is 1. The molecule has 2 heterocycles. The average Bonchev–Trinajstić information content (AvgIpc) is 3.39. The minimum atomic E-state index is -3.87. The van der Waals surface area contributed by atoms with Crippen molar-refractivity contribution in [3.8, 4) is 22.9 Å². The second-order valence-corrected chi connectivity index (χ2v) is 8.54. The van der Waals surface area contributed by atoms with Crippen LogP contribution < -0.4 is 19.5 Å². The van der Waals surface area contributed by atoms with Crippen molar-refractivity contribution >= 4 is 21.6 Å². The largest absolute Gasteiger partial charge is 0.493 e. The summed E-state index contributed by atoms with van der Waals surface area (Å²) in [4.78, 5) is 18.4. The number of carbonyl (C=O) groups is 1. The fraction of sp³-hybridized carbons (Fsp3) is 0.250. The summed E-state index contributed by atoms with van der Waals surface area (Å²) in [6, 6.07) is 11.2. The lowest BCUT2D eigenvalue weighted by Crippen LogP contribution is -2.24. The van der Waals surface area contributed by atoms with E-state index in [0.717, 1.165) is 0 Å². The molecule has 0 radical (unpaired) electrons. The van der Waals surface area contributed by atoms with Gasteiger partial charge >= 0.3 is 0 Å². The van der Waals surface area contributed by atoms with Gasteiger partial charge in [0.25, 0.3) is 0 Å². The Morgan fingerprint density at radius 2 is 1.90 bits per heavy atom. The van der Waals surface area contributed by atoms with Crippen LogP contribution in [-0.4, -0.2) is 45.2 Å². The number of hydrogen-bond donors (Lipinski definition) is 1. The van der Waals surface area contributed by atoms with E-state index in [4.69, 9.17) is 19.1 Å². The lowest BCUT2D eigenvalue weighted by molar-refractivity contribution is -0.117. The molecule has 1 aliphatic heterocycles. The third kappa shape index (κ3) is 4.09. The Bertz CT molecular complexity index is 1240. The SMILES string of the molecule is COc1ccc(-c2noc(C3CC(=O)N(c4cccc(S(N)(=O)=O)c4)C3)n2)cc1OC. The summed E-state index contributed by atoms with van der Waals surface area (Å²) in [7, 11) is -0.792. The number of ether oxygens (including phenoxy) is 2. The zero-order valence-corrected chi connectivity index (χ0v) is 17.6. The number of hydrogen-bond acceptors (Lipinski definition) is 8. The molecule has 10 nitrogen and oxygen atoms in total. The Labute approximate surface area is 178 Å². The molecule has 1 saturated heterocycles. The van der Waals surface area contributed by atoms with E-state index in [1.54, 1.807) is 31.4 Å². The molecule has 1 unspecified atom stereocenters. The lowest BCUT2D eigenvalue weighted by Gasteiger charge is -2.16. The van der Waals surface area contributed by atoms with Crippen LogP contribution in [0.2, 0.25) is 0 Å². The van der Waals surface area contributed by atoms with Crippen LogP contribution in [0.15, 0.2) is 51.9 Å². The van der Waals surface area contributed by atoms with Gasteiger partial charge in [-0.15, -0.1) is 0 Å². The Kier molecular flexibility index (Phi) is 5.38. The molecule has 0 bridgehead atoms. The number of primary sulfonamides is 1. The van der Waals surface area contributed by atoms with Gasteiger partial charge in [-0.2, -0.15) is 4.98 Å². The van der Waals surface area contributed by atoms with E-state index in [-0.39, 0.29) is 29.7 Å². The first kappa shape index (κ1) is 20.8. The zero-order chi connectivity index (χ0) is 22.2. The summed E-state index contributed by atoms with van der Waals surface area (Å²) in [5, 5.41) is 9.22. The van der Waals surface area contributed by atoms with Crippen LogP contribution in [0.25, 0.3) is 11.4 Å². The van der Waals surface area contributed by atoms with Crippen LogP contribution in [0.3, 0.4) is 0 Å². The zero-order valence-electron chi connectivity index (χ0n) is 16.8. The molecule has 11 heteroatoms. The van der Waals surface area contributed by atoms with E-state index in [2.05, 4.69) is 10.1 Å². The quantitative estimate of drug-likeness (QED) is 0.609. The standard InChI is InChI=1S/C20H20N4O6S/c1-28-16-7-6-12(8-17(16)29-2)19-22-20(30-23-19)13-9-18(25)24(11-13)14-4-3-5-15(10-14)31(21,26)27/h3-8,10,13H,9,11H2,1-2H3,(H2,21,26,27). The smallest absolute Gasteiger partial charge is 0.238 e. The van der Waals surface area contributed by atoms with Crippen LogP contribution in [0.4, 0.5) is 5.69 Å². The highest BCUT2D eigenvalue weighted by Crippen LogP contribution is 2.34. The number of nitrogens with zero attached hydrogens (tertiary/aromatic N) is 3. The normalized spacial score (nSPS) is 16.5. The number of rotatable bonds is 6. The molecule has 1 atom stereocenters. The molecule has 0 spiro atoms. The molecule has 1 aliphatic rings. The second kappa shape index (κ2) is 8.00. The van der Waals surface area contributed by atoms with Gasteiger partial charge in [-0.25, -0.2) is 13.6 Å². The number of sulfonamides is 1. The van der Waals surface area contributed by atoms with Gasteiger partial charge in [0.15, 0.2) is 11.5 Å². The lowest BCUT2D eigenvalue weighted by atomic mass is 10.1. The molecular formula is C20H20N4O6S. The molecule has 4 rings (SSSR count). The summed E-state index contributed by atoms with van der Waals surface area (Å²) in [6.45, 7) is 0.278. The topological polar surface area (TPSA) is 138 Å². The van der Waals surface area contributed by atoms with Gasteiger partial charge in [0, 0.05) is 24.2 Å². The monoisotopic (exact) mass is 444 g/mol. The highest BCUT2D eigenvalue weighted by atomic mass is 32.2. The number of amides is 1. The number of benzene rings is 2. The number of methoxy groups -OCH3 is 2. The van der Waals surface area contributed by atoms with Crippen LogP contribution in [0, 0.1) is 0 Å². The van der Waals surface area contributed by atoms with E-state index in [9.17, 15) is 13.2 Å². The first-order valence-corrected chi connectivity index (χ1v) is 10.8. The van der Waals surface area contributed by atoms with Gasteiger partial charge in [0.05, 0.1) is 25.0 Å². The summed E-state index contributed by atoms with van der Waals surface area (Å²) in [5.74, 6) is 1.29. The highest BCUT2D eigenvalue weighted by molar-refractivity contribution is 7.89. The maximum absolute atomic E-state index is 12.6. The first-order chi connectivity index (χ1) is 14.8. The fourth-order valence-electron chi connectivity index (χ4n) is 3.44. The van der Waals surface area contributed by atoms with E-state index in [1.807, 2.05) is 0 Å². The molecular weight excluding hydrogens is 424 g/mol. The molecule has 162 valence electrons. The van der Waals surface area contributed by atoms with E-state index in [1.165, 1.54) is 30.2 Å². The molecule has 2 aromatic carbocycles. The van der Waals surface area contributed by atoms with Gasteiger partial charge in [0.1, 0.15) is 0 Å². The number of aromatic nitrogens is 2. The summed E-state index contributed by atoms with van der Waals surface area (Å²) >= 11 is 0. The highest BCUT2D eigenvalue weighted by Gasteiger charge is 2.35. The Morgan fingerprint density at radius 3 is 2.61 bits per heavy atom. The van der Waals surface area contributed by atoms with Gasteiger partial charge in [-0.3, -0.25) is 4.79 Å². The molecule has 2 N–H and O–H groups in total. The molecule has 31 heavy (non-hydrogen) atoms. The minimum absolute atomic E-state index is 0.0604. The summed E-state index contributed by atoms with van der Waals surface area (Å²) < 4.78 is 39.2. The predicted octanol–water partition coefficient (Wildman–Crippen LogP) is 1.92. The van der Waals surface area contributed by atoms with Gasteiger partial charge < -0.3 is 18.9 Å². The van der Waals surface area contributed by atoms with Crippen LogP contribution in [0.5, 0.6) is 11.5 Å². The van der Waals surface area contributed by atoms with Crippen LogP contribution in [-0.2, 0) is 14.8 Å². The van der Waals surface area contributed by atoms with Crippen molar-refractivity contribution in [2.24, 2.45) is 5.14 Å². The molecule has 3 aromatic rings. The van der Waals surface area contributed by atoms with Gasteiger partial charge in [-0.1, -0.05) is 11.2 Å². The second-order valence-electron chi connectivity index (χ2n) is 6.97. The van der Waals surface area contributed by atoms with E-state index < -0.39 is 10.0 Å². The maximum Gasteiger partial charge on any atom is 0.238 e. The molecule has 1 amide bonds. The average molecular weight is 444 g/mol. The Balaban J connectivity index is 1.57. The summed E-state index contributed by atoms with van der Waals surface area (Å²) in [6.07, 6.45) is 0.160. The first-order valence-electron chi connectivity index (χ1n) is 9.29. The minimum Gasteiger partial charge on any atom is -0.493 e. The van der Waals surface area contributed by atoms with Crippen molar-refractivity contribution in [3.63, 3.8) is 0 Å². The molecule has 1 fully saturated rings. The van der Waals surface area contributed by atoms with Crippen molar-refractivity contribution in [1.29, 1.82) is 0 Å². The van der Waals surface area contributed by atoms with Crippen molar-refractivity contribution in [3.05, 3.63) is 48.4 Å². The van der Waals surface area contributed by atoms with Crippen LogP contribution in [0.1, 0.15) is 18.2 Å². The third-order valence-electron chi connectivity index (χ3n) is 5.02. The van der Waals surface area contributed by atoms with Gasteiger partial charge in [0.2, 0.25) is 27.6 Å². The molecule has 0 saturated carbocycles. The summed E-state index contributed by atoms with van der Waals surface area (Å²) in [5.41, 5.74) is 1.12. The van der Waals surface area contributed by atoms with E-state index in [0.29, 0.717) is 34.5 Å². The van der Waals surface area contributed by atoms with Gasteiger partial charge in [-0.05, 0) is 36.4 Å². The van der Waals surface area contributed by atoms with Crippen LogP contribution >= 0.6 is 0 Å². The van der Waals surface area contributed by atoms with Crippen molar-refractivity contribution in [1.82, 2.24) is 10.1 Å². The van der Waals surface area contributed by atoms with Crippen molar-refractivity contribution < 1.29 is 27.2 Å². The molecule has 0 aliphatic carbocycles. The van der Waals surface area contributed by atoms with Crippen molar-refractivity contribution in [2.45, 2.75) is 17.2 Å². The molecule has 1 aromatic heterocycles. The fourth-order valence-corrected chi connectivity index (χ4v) is 4.00. The Hall–Kier alpha value is -3.44. The van der Waals surface area contributed by atoms with E-state index >= 15 is 0 Å². The number of nitrogens with two attached hydrogens (primary N) is 1. The van der Waals surface area contributed by atoms with Crippen molar-refractivity contribution in [2.75, 3.05) is 25.7 Å². The number of carbonyl (C=O) groups excluding carboxylic acids is 1. The maximum atomic E-state index is 12.6.